The predicted octanol–water partition coefficient (Wildman–Crippen LogP) is 6.07. The van der Waals surface area contributed by atoms with Crippen LogP contribution < -0.4 is 15.4 Å². The zero-order chi connectivity index (χ0) is 27.4. The van der Waals surface area contributed by atoms with E-state index >= 15 is 0 Å². The molecule has 1 aromatic carbocycles. The van der Waals surface area contributed by atoms with E-state index in [9.17, 15) is 4.21 Å². The highest BCUT2D eigenvalue weighted by Crippen LogP contribution is 2.53. The lowest BCUT2D eigenvalue weighted by molar-refractivity contribution is 0.177. The van der Waals surface area contributed by atoms with E-state index in [-0.39, 0.29) is 16.2 Å². The maximum atomic E-state index is 13.2. The van der Waals surface area contributed by atoms with Crippen molar-refractivity contribution in [2.24, 2.45) is 5.41 Å². The number of nitrogen functional groups attached to an aromatic ring is 1. The third-order valence-electron chi connectivity index (χ3n) is 8.19. The van der Waals surface area contributed by atoms with Gasteiger partial charge in [0.25, 0.3) is 0 Å². The van der Waals surface area contributed by atoms with Gasteiger partial charge in [-0.05, 0) is 75.5 Å². The summed E-state index contributed by atoms with van der Waals surface area (Å²) >= 11 is 8.10. The first-order valence-corrected chi connectivity index (χ1v) is 15.9. The molecule has 6 rings (SSSR count). The molecule has 0 bridgehead atoms. The number of nitrogens with zero attached hydrogens (tertiary/aromatic N) is 4. The van der Waals surface area contributed by atoms with Gasteiger partial charge in [0.1, 0.15) is 10.8 Å². The first kappa shape index (κ1) is 27.0. The number of anilines is 2. The van der Waals surface area contributed by atoms with Crippen LogP contribution in [0.25, 0.3) is 0 Å². The number of halogens is 1. The molecule has 3 heterocycles. The fourth-order valence-electron chi connectivity index (χ4n) is 5.79. The minimum Gasteiger partial charge on any atom is -0.381 e. The van der Waals surface area contributed by atoms with Crippen LogP contribution in [0.3, 0.4) is 0 Å². The summed E-state index contributed by atoms with van der Waals surface area (Å²) in [5.74, 6) is 1.68. The number of fused-ring (bicyclic) bond motifs is 1. The molecule has 2 aliphatic carbocycles. The van der Waals surface area contributed by atoms with Crippen LogP contribution in [0.4, 0.5) is 11.6 Å². The van der Waals surface area contributed by atoms with Crippen molar-refractivity contribution in [2.45, 2.75) is 79.5 Å². The highest BCUT2D eigenvalue weighted by Gasteiger charge is 2.49. The molecule has 10 heteroatoms. The van der Waals surface area contributed by atoms with E-state index in [1.807, 2.05) is 39.2 Å². The largest absolute Gasteiger partial charge is 0.381 e. The van der Waals surface area contributed by atoms with Crippen molar-refractivity contribution in [2.75, 3.05) is 23.7 Å². The normalized spacial score (nSPS) is 21.2. The smallest absolute Gasteiger partial charge is 0.158 e. The number of nitrogens with two attached hydrogens (primary N) is 1. The van der Waals surface area contributed by atoms with E-state index in [1.165, 1.54) is 22.9 Å². The molecule has 7 nitrogen and oxygen atoms in total. The number of hydrogen-bond acceptors (Lipinski definition) is 7. The number of aromatic nitrogens is 3. The van der Waals surface area contributed by atoms with Crippen LogP contribution in [0.1, 0.15) is 75.2 Å². The van der Waals surface area contributed by atoms with Crippen molar-refractivity contribution < 1.29 is 4.21 Å². The van der Waals surface area contributed by atoms with Crippen molar-refractivity contribution in [3.63, 3.8) is 0 Å². The first-order valence-electron chi connectivity index (χ1n) is 13.6. The van der Waals surface area contributed by atoms with Crippen molar-refractivity contribution in [1.29, 1.82) is 0 Å². The minimum absolute atomic E-state index is 0.0211. The maximum absolute atomic E-state index is 13.2. The Morgan fingerprint density at radius 3 is 2.59 bits per heavy atom. The zero-order valence-corrected chi connectivity index (χ0v) is 25.0. The van der Waals surface area contributed by atoms with E-state index in [1.54, 1.807) is 0 Å². The summed E-state index contributed by atoms with van der Waals surface area (Å²) < 4.78 is 16.4. The second-order valence-electron chi connectivity index (χ2n) is 12.0. The molecule has 2 fully saturated rings. The van der Waals surface area contributed by atoms with Gasteiger partial charge in [-0.2, -0.15) is 0 Å². The van der Waals surface area contributed by atoms with E-state index in [4.69, 9.17) is 22.3 Å². The van der Waals surface area contributed by atoms with Gasteiger partial charge in [-0.25, -0.2) is 18.9 Å². The van der Waals surface area contributed by atoms with Crippen molar-refractivity contribution >= 4 is 46.0 Å². The molecule has 206 valence electrons. The van der Waals surface area contributed by atoms with Crippen LogP contribution in [0.2, 0.25) is 5.02 Å². The van der Waals surface area contributed by atoms with Gasteiger partial charge in [0.15, 0.2) is 5.82 Å². The Morgan fingerprint density at radius 1 is 1.15 bits per heavy atom. The molecule has 0 radical (unpaired) electrons. The predicted molar refractivity (Wildman–Crippen MR) is 160 cm³/mol. The Bertz CT molecular complexity index is 1420. The van der Waals surface area contributed by atoms with Crippen LogP contribution in [-0.4, -0.2) is 37.0 Å². The Labute approximate surface area is 242 Å². The summed E-state index contributed by atoms with van der Waals surface area (Å²) in [6.45, 7) is 7.75. The van der Waals surface area contributed by atoms with Crippen LogP contribution in [0.15, 0.2) is 52.6 Å². The highest BCUT2D eigenvalue weighted by atomic mass is 35.5. The molecule has 1 saturated carbocycles. The molecule has 0 amide bonds. The standard InChI is InChI=1S/C29H35ClN6OS2/c1-28(2,3)39(37)35-25-20-7-5-4-6-19(20)16-29(25)11-14-36(15-12-29)22-17-33-27(26(31)34-22)38-21-10-13-32-24(23(21)30)18-8-9-18/h4-7,10,13,17-18,25,35H,8-9,11-12,14-16H2,1-3H3,(H2,31,34)/t25-,39-/m1/s1. The summed E-state index contributed by atoms with van der Waals surface area (Å²) in [6.07, 6.45) is 8.85. The molecule has 3 aromatic rings. The van der Waals surface area contributed by atoms with Gasteiger partial charge in [-0.3, -0.25) is 4.98 Å². The fourth-order valence-corrected chi connectivity index (χ4v) is 7.90. The molecule has 1 aliphatic heterocycles. The molecule has 3 aliphatic rings. The Hall–Kier alpha value is -2.20. The molecule has 2 atom stereocenters. The Kier molecular flexibility index (Phi) is 7.15. The summed E-state index contributed by atoms with van der Waals surface area (Å²) in [6, 6.07) is 10.6. The molecular weight excluding hydrogens is 548 g/mol. The van der Waals surface area contributed by atoms with Crippen molar-refractivity contribution in [3.8, 4) is 0 Å². The summed E-state index contributed by atoms with van der Waals surface area (Å²) in [4.78, 5) is 17.1. The van der Waals surface area contributed by atoms with Crippen LogP contribution >= 0.6 is 23.4 Å². The molecule has 1 spiro atoms. The van der Waals surface area contributed by atoms with Crippen LogP contribution in [0.5, 0.6) is 0 Å². The van der Waals surface area contributed by atoms with E-state index in [0.29, 0.717) is 21.8 Å². The lowest BCUT2D eigenvalue weighted by Crippen LogP contribution is -2.48. The Balaban J connectivity index is 1.17. The summed E-state index contributed by atoms with van der Waals surface area (Å²) in [5, 5.41) is 1.35. The van der Waals surface area contributed by atoms with Crippen LogP contribution in [-0.2, 0) is 17.4 Å². The third kappa shape index (κ3) is 5.31. The second kappa shape index (κ2) is 10.3. The van der Waals surface area contributed by atoms with Gasteiger partial charge in [0, 0.05) is 30.1 Å². The highest BCUT2D eigenvalue weighted by molar-refractivity contribution is 7.99. The second-order valence-corrected chi connectivity index (χ2v) is 15.4. The lowest BCUT2D eigenvalue weighted by atomic mass is 9.73. The molecule has 1 saturated heterocycles. The van der Waals surface area contributed by atoms with Gasteiger partial charge in [-0.1, -0.05) is 47.6 Å². The molecule has 39 heavy (non-hydrogen) atoms. The monoisotopic (exact) mass is 582 g/mol. The SMILES string of the molecule is CC(C)(C)[S@@](=O)N[C@@H]1c2ccccc2CC12CCN(c1cnc(Sc3ccnc(C4CC4)c3Cl)c(N)n1)CC2. The molecule has 3 N–H and O–H groups in total. The third-order valence-corrected chi connectivity index (χ3v) is 11.3. The number of piperidine rings is 1. The Morgan fingerprint density at radius 2 is 1.90 bits per heavy atom. The topological polar surface area (TPSA) is 97.0 Å². The molecule has 0 unspecified atom stereocenters. The van der Waals surface area contributed by atoms with Crippen molar-refractivity contribution in [3.05, 3.63) is 64.6 Å². The maximum Gasteiger partial charge on any atom is 0.158 e. The average molecular weight is 583 g/mol. The first-order chi connectivity index (χ1) is 18.6. The fraction of sp³-hybridized carbons (Fsp3) is 0.483. The minimum atomic E-state index is -1.15. The van der Waals surface area contributed by atoms with Crippen LogP contribution in [0, 0.1) is 5.41 Å². The number of pyridine rings is 1. The number of nitrogens with one attached hydrogen (secondary N) is 1. The van der Waals surface area contributed by atoms with Gasteiger partial charge in [-0.15, -0.1) is 0 Å². The average Bonchev–Trinajstić information content (AvgIpc) is 3.71. The van der Waals surface area contributed by atoms with Gasteiger partial charge in [0.2, 0.25) is 0 Å². The van der Waals surface area contributed by atoms with Gasteiger partial charge < -0.3 is 10.6 Å². The molecular formula is C29H35ClN6OS2. The van der Waals surface area contributed by atoms with Crippen molar-refractivity contribution in [1.82, 2.24) is 19.7 Å². The number of hydrogen-bond donors (Lipinski definition) is 2. The zero-order valence-electron chi connectivity index (χ0n) is 22.6. The molecule has 2 aromatic heterocycles. The summed E-state index contributed by atoms with van der Waals surface area (Å²) in [5.41, 5.74) is 10.0. The number of benzene rings is 1. The van der Waals surface area contributed by atoms with Gasteiger partial charge >= 0.3 is 0 Å². The summed E-state index contributed by atoms with van der Waals surface area (Å²) in [7, 11) is -1.15. The quantitative estimate of drug-likeness (QED) is 0.364. The number of rotatable bonds is 6. The lowest BCUT2D eigenvalue weighted by Gasteiger charge is -2.44. The van der Waals surface area contributed by atoms with E-state index in [0.717, 1.165) is 61.6 Å². The van der Waals surface area contributed by atoms with E-state index < -0.39 is 11.0 Å². The van der Waals surface area contributed by atoms with E-state index in [2.05, 4.69) is 43.9 Å². The van der Waals surface area contributed by atoms with Gasteiger partial charge in [0.05, 0.1) is 38.7 Å².